The molecule has 0 aromatic heterocycles. The maximum absolute atomic E-state index is 6.14. The lowest BCUT2D eigenvalue weighted by atomic mass is 9.75. The quantitative estimate of drug-likeness (QED) is 0.513. The fraction of sp³-hybridized carbons (Fsp3) is 1.00. The summed E-state index contributed by atoms with van der Waals surface area (Å²) in [4.78, 5) is 0. The second-order valence-corrected chi connectivity index (χ2v) is 5.79. The maximum Gasteiger partial charge on any atom is 0.0291 e. The maximum atomic E-state index is 6.14. The van der Waals surface area contributed by atoms with E-state index in [1.807, 2.05) is 0 Å². The van der Waals surface area contributed by atoms with Gasteiger partial charge < -0.3 is 0 Å². The third-order valence-corrected chi connectivity index (χ3v) is 4.42. The molecule has 0 aliphatic rings. The lowest BCUT2D eigenvalue weighted by Crippen LogP contribution is -2.30. The monoisotopic (exact) mass is 252 g/mol. The van der Waals surface area contributed by atoms with Crippen LogP contribution in [0.25, 0.3) is 0 Å². The molecule has 0 aliphatic carbocycles. The van der Waals surface area contributed by atoms with Crippen LogP contribution in [0.4, 0.5) is 0 Å². The van der Waals surface area contributed by atoms with Crippen LogP contribution >= 0.6 is 23.2 Å². The second-order valence-electron chi connectivity index (χ2n) is 5.25. The number of hydrogen-bond donors (Lipinski definition) is 0. The average Bonchev–Trinajstić information content (AvgIpc) is 2.23. The van der Waals surface area contributed by atoms with Gasteiger partial charge in [0.05, 0.1) is 0 Å². The fourth-order valence-corrected chi connectivity index (χ4v) is 3.12. The van der Waals surface area contributed by atoms with E-state index in [0.29, 0.717) is 17.7 Å². The van der Waals surface area contributed by atoms with E-state index < -0.39 is 0 Å². The van der Waals surface area contributed by atoms with E-state index in [1.165, 1.54) is 19.3 Å². The van der Waals surface area contributed by atoms with E-state index in [0.717, 1.165) is 12.3 Å². The zero-order valence-corrected chi connectivity index (χ0v) is 12.2. The Morgan fingerprint density at radius 3 is 1.67 bits per heavy atom. The summed E-state index contributed by atoms with van der Waals surface area (Å²) in [6.07, 6.45) is 4.82. The molecule has 0 nitrogen and oxygen atoms in total. The molecule has 0 heterocycles. The van der Waals surface area contributed by atoms with Crippen molar-refractivity contribution in [3.05, 3.63) is 0 Å². The summed E-state index contributed by atoms with van der Waals surface area (Å²) < 4.78 is 0. The van der Waals surface area contributed by atoms with Crippen LogP contribution in [-0.4, -0.2) is 11.8 Å². The summed E-state index contributed by atoms with van der Waals surface area (Å²) >= 11 is 12.3. The Hall–Kier alpha value is 0.580. The molecule has 0 saturated heterocycles. The van der Waals surface area contributed by atoms with Crippen molar-refractivity contribution < 1.29 is 0 Å². The molecule has 0 saturated carbocycles. The Morgan fingerprint density at radius 1 is 0.933 bits per heavy atom. The molecule has 0 fully saturated rings. The van der Waals surface area contributed by atoms with Crippen LogP contribution in [0.15, 0.2) is 0 Å². The van der Waals surface area contributed by atoms with Gasteiger partial charge in [0.1, 0.15) is 0 Å². The van der Waals surface area contributed by atoms with Crippen molar-refractivity contribution >= 4 is 23.2 Å². The van der Waals surface area contributed by atoms with Crippen LogP contribution < -0.4 is 0 Å². The SMILES string of the molecule is CCC(CC)CC(CCl)(CCl)CC(C)C. The minimum atomic E-state index is 0.161. The predicted octanol–water partition coefficient (Wildman–Crippen LogP) is 5.32. The Labute approximate surface area is 106 Å². The number of hydrogen-bond acceptors (Lipinski definition) is 0. The van der Waals surface area contributed by atoms with E-state index in [9.17, 15) is 0 Å². The fourth-order valence-electron chi connectivity index (χ4n) is 2.39. The van der Waals surface area contributed by atoms with Crippen LogP contribution in [0, 0.1) is 17.3 Å². The summed E-state index contributed by atoms with van der Waals surface area (Å²) in [5.74, 6) is 2.86. The van der Waals surface area contributed by atoms with Gasteiger partial charge in [-0.3, -0.25) is 0 Å². The van der Waals surface area contributed by atoms with Crippen molar-refractivity contribution in [3.63, 3.8) is 0 Å². The van der Waals surface area contributed by atoms with Crippen molar-refractivity contribution in [2.45, 2.75) is 53.4 Å². The van der Waals surface area contributed by atoms with Crippen molar-refractivity contribution in [3.8, 4) is 0 Å². The molecule has 0 aromatic rings. The van der Waals surface area contributed by atoms with Gasteiger partial charge in [-0.2, -0.15) is 0 Å². The Kier molecular flexibility index (Phi) is 8.09. The van der Waals surface area contributed by atoms with Gasteiger partial charge in [0, 0.05) is 11.8 Å². The minimum absolute atomic E-state index is 0.161. The first kappa shape index (κ1) is 15.6. The van der Waals surface area contributed by atoms with Gasteiger partial charge in [0.2, 0.25) is 0 Å². The minimum Gasteiger partial charge on any atom is -0.126 e. The lowest BCUT2D eigenvalue weighted by Gasteiger charge is -2.34. The topological polar surface area (TPSA) is 0 Å². The first-order valence-corrected chi connectivity index (χ1v) is 7.22. The number of halogens is 2. The molecule has 0 spiro atoms. The summed E-state index contributed by atoms with van der Waals surface area (Å²) in [5, 5.41) is 0. The molecule has 0 rings (SSSR count). The van der Waals surface area contributed by atoms with Crippen LogP contribution in [0.3, 0.4) is 0 Å². The highest BCUT2D eigenvalue weighted by Crippen LogP contribution is 2.38. The summed E-state index contributed by atoms with van der Waals surface area (Å²) in [6, 6.07) is 0. The van der Waals surface area contributed by atoms with E-state index in [4.69, 9.17) is 23.2 Å². The van der Waals surface area contributed by atoms with Gasteiger partial charge >= 0.3 is 0 Å². The van der Waals surface area contributed by atoms with E-state index in [-0.39, 0.29) is 5.41 Å². The highest BCUT2D eigenvalue weighted by atomic mass is 35.5. The third kappa shape index (κ3) is 5.45. The molecule has 15 heavy (non-hydrogen) atoms. The van der Waals surface area contributed by atoms with Crippen molar-refractivity contribution in [1.29, 1.82) is 0 Å². The number of rotatable bonds is 8. The third-order valence-electron chi connectivity index (χ3n) is 3.28. The molecule has 0 aliphatic heterocycles. The molecular weight excluding hydrogens is 227 g/mol. The van der Waals surface area contributed by atoms with E-state index in [2.05, 4.69) is 27.7 Å². The largest absolute Gasteiger partial charge is 0.126 e. The Bertz CT molecular complexity index is 147. The Morgan fingerprint density at radius 2 is 1.40 bits per heavy atom. The second kappa shape index (κ2) is 7.79. The number of alkyl halides is 2. The summed E-state index contributed by atoms with van der Waals surface area (Å²) in [7, 11) is 0. The smallest absolute Gasteiger partial charge is 0.0291 e. The van der Waals surface area contributed by atoms with Gasteiger partial charge in [0.25, 0.3) is 0 Å². The van der Waals surface area contributed by atoms with E-state index >= 15 is 0 Å². The van der Waals surface area contributed by atoms with Crippen LogP contribution in [0.1, 0.15) is 53.4 Å². The predicted molar refractivity (Wildman–Crippen MR) is 72.0 cm³/mol. The molecule has 0 aromatic carbocycles. The molecule has 2 heteroatoms. The van der Waals surface area contributed by atoms with Crippen molar-refractivity contribution in [2.75, 3.05) is 11.8 Å². The summed E-state index contributed by atoms with van der Waals surface area (Å²) in [6.45, 7) is 9.02. The molecular formula is C13H26Cl2. The summed E-state index contributed by atoms with van der Waals surface area (Å²) in [5.41, 5.74) is 0.161. The van der Waals surface area contributed by atoms with Crippen LogP contribution in [-0.2, 0) is 0 Å². The van der Waals surface area contributed by atoms with Gasteiger partial charge in [-0.25, -0.2) is 0 Å². The highest BCUT2D eigenvalue weighted by Gasteiger charge is 2.31. The zero-order valence-electron chi connectivity index (χ0n) is 10.7. The van der Waals surface area contributed by atoms with Crippen molar-refractivity contribution in [1.82, 2.24) is 0 Å². The molecule has 0 radical (unpaired) electrons. The molecule has 0 unspecified atom stereocenters. The average molecular weight is 253 g/mol. The van der Waals surface area contributed by atoms with E-state index in [1.54, 1.807) is 0 Å². The Balaban J connectivity index is 4.47. The molecule has 0 atom stereocenters. The first-order chi connectivity index (χ1) is 7.03. The zero-order chi connectivity index (χ0) is 11.9. The van der Waals surface area contributed by atoms with Gasteiger partial charge in [-0.05, 0) is 30.1 Å². The first-order valence-electron chi connectivity index (χ1n) is 6.15. The molecule has 0 amide bonds. The van der Waals surface area contributed by atoms with Crippen molar-refractivity contribution in [2.24, 2.45) is 17.3 Å². The van der Waals surface area contributed by atoms with Gasteiger partial charge in [-0.1, -0.05) is 40.5 Å². The highest BCUT2D eigenvalue weighted by molar-refractivity contribution is 6.21. The van der Waals surface area contributed by atoms with Gasteiger partial charge in [0.15, 0.2) is 0 Å². The standard InChI is InChI=1S/C13H26Cl2/c1-5-12(6-2)8-13(9-14,10-15)7-11(3)4/h11-12H,5-10H2,1-4H3. The van der Waals surface area contributed by atoms with Gasteiger partial charge in [-0.15, -0.1) is 23.2 Å². The molecule has 92 valence electrons. The normalized spacial score (nSPS) is 12.8. The van der Waals surface area contributed by atoms with Crippen LogP contribution in [0.5, 0.6) is 0 Å². The molecule has 0 bridgehead atoms. The lowest BCUT2D eigenvalue weighted by molar-refractivity contribution is 0.220. The van der Waals surface area contributed by atoms with Crippen LogP contribution in [0.2, 0.25) is 0 Å². The molecule has 0 N–H and O–H groups in total.